The Morgan fingerprint density at radius 3 is 2.72 bits per heavy atom. The lowest BCUT2D eigenvalue weighted by Gasteiger charge is -2.21. The molecule has 2 aromatic rings. The molecule has 0 aliphatic heterocycles. The molecular weight excluding hydrogens is 222 g/mol. The molecule has 1 N–H and O–H groups in total. The van der Waals surface area contributed by atoms with E-state index in [0.29, 0.717) is 12.1 Å². The Hall–Kier alpha value is -1.54. The minimum atomic E-state index is 0.358. The number of anilines is 1. The second-order valence-corrected chi connectivity index (χ2v) is 5.02. The molecule has 2 nitrogen and oxygen atoms in total. The van der Waals surface area contributed by atoms with Crippen LogP contribution >= 0.6 is 0 Å². The summed E-state index contributed by atoms with van der Waals surface area (Å²) in [6.45, 7) is 0. The molecule has 0 bridgehead atoms. The molecule has 0 amide bonds. The highest BCUT2D eigenvalue weighted by atomic mass is 16.5. The Balaban J connectivity index is 1.82. The van der Waals surface area contributed by atoms with Gasteiger partial charge in [-0.05, 0) is 42.2 Å². The number of rotatable bonds is 3. The van der Waals surface area contributed by atoms with Gasteiger partial charge in [0.2, 0.25) is 0 Å². The molecule has 1 saturated carbocycles. The first-order valence-corrected chi connectivity index (χ1v) is 6.65. The maximum Gasteiger partial charge on any atom is 0.0772 e. The van der Waals surface area contributed by atoms with Crippen LogP contribution < -0.4 is 5.32 Å². The fourth-order valence-electron chi connectivity index (χ4n) is 2.87. The van der Waals surface area contributed by atoms with E-state index in [4.69, 9.17) is 4.74 Å². The van der Waals surface area contributed by atoms with Crippen molar-refractivity contribution < 1.29 is 4.74 Å². The molecule has 2 atom stereocenters. The summed E-state index contributed by atoms with van der Waals surface area (Å²) in [5, 5.41) is 6.19. The van der Waals surface area contributed by atoms with Crippen LogP contribution in [-0.4, -0.2) is 19.3 Å². The monoisotopic (exact) mass is 241 g/mol. The standard InChI is InChI=1S/C16H19NO/c1-18-16-8-4-7-15(16)17-14-10-9-12-5-2-3-6-13(12)11-14/h2-3,5-6,9-11,15-17H,4,7-8H2,1H3. The maximum atomic E-state index is 5.52. The number of ether oxygens (including phenoxy) is 1. The zero-order valence-corrected chi connectivity index (χ0v) is 10.7. The number of nitrogens with one attached hydrogen (secondary N) is 1. The van der Waals surface area contributed by atoms with Gasteiger partial charge in [-0.3, -0.25) is 0 Å². The molecule has 0 saturated heterocycles. The molecular formula is C16H19NO. The molecule has 18 heavy (non-hydrogen) atoms. The minimum Gasteiger partial charge on any atom is -0.380 e. The van der Waals surface area contributed by atoms with Gasteiger partial charge in [-0.15, -0.1) is 0 Å². The van der Waals surface area contributed by atoms with Crippen molar-refractivity contribution >= 4 is 16.5 Å². The molecule has 1 aliphatic rings. The van der Waals surface area contributed by atoms with Gasteiger partial charge in [0.05, 0.1) is 12.1 Å². The van der Waals surface area contributed by atoms with E-state index in [0.717, 1.165) is 0 Å². The lowest BCUT2D eigenvalue weighted by atomic mass is 10.1. The first-order valence-electron chi connectivity index (χ1n) is 6.65. The third-order valence-corrected chi connectivity index (χ3v) is 3.86. The van der Waals surface area contributed by atoms with E-state index in [1.165, 1.54) is 35.7 Å². The van der Waals surface area contributed by atoms with E-state index >= 15 is 0 Å². The molecule has 94 valence electrons. The van der Waals surface area contributed by atoms with Crippen LogP contribution in [0.3, 0.4) is 0 Å². The van der Waals surface area contributed by atoms with Crippen molar-refractivity contribution in [2.24, 2.45) is 0 Å². The number of hydrogen-bond acceptors (Lipinski definition) is 2. The predicted molar refractivity (Wildman–Crippen MR) is 76.0 cm³/mol. The van der Waals surface area contributed by atoms with Crippen molar-refractivity contribution in [3.63, 3.8) is 0 Å². The van der Waals surface area contributed by atoms with Gasteiger partial charge in [-0.2, -0.15) is 0 Å². The van der Waals surface area contributed by atoms with E-state index in [9.17, 15) is 0 Å². The Kier molecular flexibility index (Phi) is 3.20. The average Bonchev–Trinajstić information content (AvgIpc) is 2.86. The van der Waals surface area contributed by atoms with Crippen molar-refractivity contribution in [1.82, 2.24) is 0 Å². The molecule has 2 heteroatoms. The summed E-state index contributed by atoms with van der Waals surface area (Å²) in [6.07, 6.45) is 3.98. The zero-order chi connectivity index (χ0) is 12.4. The SMILES string of the molecule is COC1CCCC1Nc1ccc2ccccc2c1. The van der Waals surface area contributed by atoms with E-state index in [-0.39, 0.29) is 0 Å². The Morgan fingerprint density at radius 2 is 1.89 bits per heavy atom. The average molecular weight is 241 g/mol. The van der Waals surface area contributed by atoms with Crippen LogP contribution in [0.15, 0.2) is 42.5 Å². The largest absolute Gasteiger partial charge is 0.380 e. The fraction of sp³-hybridized carbons (Fsp3) is 0.375. The van der Waals surface area contributed by atoms with Crippen molar-refractivity contribution in [2.45, 2.75) is 31.4 Å². The molecule has 0 spiro atoms. The van der Waals surface area contributed by atoms with Gasteiger partial charge in [-0.25, -0.2) is 0 Å². The van der Waals surface area contributed by atoms with Gasteiger partial charge >= 0.3 is 0 Å². The summed E-state index contributed by atoms with van der Waals surface area (Å²) in [6, 6.07) is 15.5. The highest BCUT2D eigenvalue weighted by Gasteiger charge is 2.26. The van der Waals surface area contributed by atoms with Crippen molar-refractivity contribution in [1.29, 1.82) is 0 Å². The normalized spacial score (nSPS) is 23.4. The van der Waals surface area contributed by atoms with Gasteiger partial charge in [-0.1, -0.05) is 30.3 Å². The van der Waals surface area contributed by atoms with Crippen LogP contribution in [0.2, 0.25) is 0 Å². The number of benzene rings is 2. The molecule has 1 aliphatic carbocycles. The Labute approximate surface area is 108 Å². The van der Waals surface area contributed by atoms with E-state index in [1.807, 2.05) is 7.11 Å². The molecule has 2 aromatic carbocycles. The molecule has 0 radical (unpaired) electrons. The second kappa shape index (κ2) is 4.99. The van der Waals surface area contributed by atoms with Crippen molar-refractivity contribution in [3.8, 4) is 0 Å². The summed E-state index contributed by atoms with van der Waals surface area (Å²) < 4.78 is 5.52. The molecule has 1 fully saturated rings. The predicted octanol–water partition coefficient (Wildman–Crippen LogP) is 3.82. The zero-order valence-electron chi connectivity index (χ0n) is 10.7. The van der Waals surface area contributed by atoms with Gasteiger partial charge in [0.1, 0.15) is 0 Å². The highest BCUT2D eigenvalue weighted by Crippen LogP contribution is 2.26. The molecule has 2 unspecified atom stereocenters. The summed E-state index contributed by atoms with van der Waals surface area (Å²) in [7, 11) is 1.81. The van der Waals surface area contributed by atoms with Crippen LogP contribution in [0.1, 0.15) is 19.3 Å². The van der Waals surface area contributed by atoms with E-state index in [1.54, 1.807) is 0 Å². The topological polar surface area (TPSA) is 21.3 Å². The van der Waals surface area contributed by atoms with E-state index < -0.39 is 0 Å². The van der Waals surface area contributed by atoms with Gasteiger partial charge in [0.25, 0.3) is 0 Å². The lowest BCUT2D eigenvalue weighted by molar-refractivity contribution is 0.101. The second-order valence-electron chi connectivity index (χ2n) is 5.02. The quantitative estimate of drug-likeness (QED) is 0.882. The maximum absolute atomic E-state index is 5.52. The van der Waals surface area contributed by atoms with Crippen molar-refractivity contribution in [3.05, 3.63) is 42.5 Å². The first kappa shape index (κ1) is 11.5. The van der Waals surface area contributed by atoms with Gasteiger partial charge in [0, 0.05) is 12.8 Å². The summed E-state index contributed by atoms with van der Waals surface area (Å²) in [5.74, 6) is 0. The summed E-state index contributed by atoms with van der Waals surface area (Å²) in [5.41, 5.74) is 1.20. The fourth-order valence-corrected chi connectivity index (χ4v) is 2.87. The van der Waals surface area contributed by atoms with Crippen LogP contribution in [0.25, 0.3) is 10.8 Å². The van der Waals surface area contributed by atoms with Crippen molar-refractivity contribution in [2.75, 3.05) is 12.4 Å². The molecule has 0 aromatic heterocycles. The third-order valence-electron chi connectivity index (χ3n) is 3.86. The lowest BCUT2D eigenvalue weighted by Crippen LogP contribution is -2.29. The van der Waals surface area contributed by atoms with Crippen LogP contribution in [0.5, 0.6) is 0 Å². The Bertz CT molecular complexity index is 537. The van der Waals surface area contributed by atoms with Crippen LogP contribution in [0, 0.1) is 0 Å². The van der Waals surface area contributed by atoms with Crippen LogP contribution in [-0.2, 0) is 4.74 Å². The van der Waals surface area contributed by atoms with Crippen LogP contribution in [0.4, 0.5) is 5.69 Å². The van der Waals surface area contributed by atoms with E-state index in [2.05, 4.69) is 47.8 Å². The number of fused-ring (bicyclic) bond motifs is 1. The summed E-state index contributed by atoms with van der Waals surface area (Å²) in [4.78, 5) is 0. The smallest absolute Gasteiger partial charge is 0.0772 e. The number of methoxy groups -OCH3 is 1. The molecule has 0 heterocycles. The van der Waals surface area contributed by atoms with Gasteiger partial charge < -0.3 is 10.1 Å². The Morgan fingerprint density at radius 1 is 1.06 bits per heavy atom. The number of hydrogen-bond donors (Lipinski definition) is 1. The highest BCUT2D eigenvalue weighted by molar-refractivity contribution is 5.85. The third kappa shape index (κ3) is 2.21. The minimum absolute atomic E-state index is 0.358. The first-order chi connectivity index (χ1) is 8.86. The summed E-state index contributed by atoms with van der Waals surface area (Å²) >= 11 is 0. The van der Waals surface area contributed by atoms with Gasteiger partial charge in [0.15, 0.2) is 0 Å². The molecule has 3 rings (SSSR count).